The van der Waals surface area contributed by atoms with Crippen LogP contribution in [0.4, 0.5) is 24.5 Å². The highest BCUT2D eigenvalue weighted by molar-refractivity contribution is 5.60. The van der Waals surface area contributed by atoms with Crippen LogP contribution in [0.1, 0.15) is 32.3 Å². The SMILES string of the molecule is CCCC(C)N(C)c1ccc(N)cc1C(F)(F)F. The van der Waals surface area contributed by atoms with Crippen molar-refractivity contribution in [2.75, 3.05) is 17.7 Å². The first-order valence-corrected chi connectivity index (χ1v) is 5.97. The van der Waals surface area contributed by atoms with Gasteiger partial charge in [-0.1, -0.05) is 13.3 Å². The Labute approximate surface area is 106 Å². The second-order valence-corrected chi connectivity index (χ2v) is 4.52. The Hall–Kier alpha value is -1.39. The third-order valence-corrected chi connectivity index (χ3v) is 3.07. The maximum Gasteiger partial charge on any atom is 0.418 e. The first-order valence-electron chi connectivity index (χ1n) is 5.97. The lowest BCUT2D eigenvalue weighted by atomic mass is 10.1. The molecule has 0 heterocycles. The van der Waals surface area contributed by atoms with Crippen LogP contribution in [0, 0.1) is 0 Å². The van der Waals surface area contributed by atoms with Crippen LogP contribution in [0.5, 0.6) is 0 Å². The molecular weight excluding hydrogens is 241 g/mol. The summed E-state index contributed by atoms with van der Waals surface area (Å²) in [7, 11) is 1.68. The van der Waals surface area contributed by atoms with Gasteiger partial charge in [-0.2, -0.15) is 13.2 Å². The fourth-order valence-electron chi connectivity index (χ4n) is 1.94. The molecule has 0 radical (unpaired) electrons. The van der Waals surface area contributed by atoms with Crippen LogP contribution in [-0.4, -0.2) is 13.1 Å². The molecule has 2 N–H and O–H groups in total. The van der Waals surface area contributed by atoms with Gasteiger partial charge >= 0.3 is 6.18 Å². The summed E-state index contributed by atoms with van der Waals surface area (Å²) in [6, 6.07) is 3.98. The lowest BCUT2D eigenvalue weighted by Crippen LogP contribution is -2.30. The number of nitrogen functional groups attached to an aromatic ring is 1. The van der Waals surface area contributed by atoms with Gasteiger partial charge in [-0.3, -0.25) is 0 Å². The lowest BCUT2D eigenvalue weighted by Gasteiger charge is -2.29. The Bertz CT molecular complexity index is 402. The molecule has 102 valence electrons. The van der Waals surface area contributed by atoms with Crippen LogP contribution in [0.2, 0.25) is 0 Å². The number of nitrogens with two attached hydrogens (primary N) is 1. The number of benzene rings is 1. The maximum atomic E-state index is 13.0. The Morgan fingerprint density at radius 3 is 2.44 bits per heavy atom. The third-order valence-electron chi connectivity index (χ3n) is 3.07. The number of rotatable bonds is 4. The van der Waals surface area contributed by atoms with Crippen molar-refractivity contribution in [3.63, 3.8) is 0 Å². The zero-order valence-electron chi connectivity index (χ0n) is 10.9. The van der Waals surface area contributed by atoms with Gasteiger partial charge in [-0.05, 0) is 31.5 Å². The molecule has 18 heavy (non-hydrogen) atoms. The Morgan fingerprint density at radius 2 is 1.94 bits per heavy atom. The molecule has 1 aromatic rings. The first-order chi connectivity index (χ1) is 8.27. The largest absolute Gasteiger partial charge is 0.418 e. The Kier molecular flexibility index (Phi) is 4.48. The minimum Gasteiger partial charge on any atom is -0.399 e. The first kappa shape index (κ1) is 14.7. The van der Waals surface area contributed by atoms with E-state index < -0.39 is 11.7 Å². The Balaban J connectivity index is 3.15. The summed E-state index contributed by atoms with van der Waals surface area (Å²) in [6.07, 6.45) is -2.61. The van der Waals surface area contributed by atoms with E-state index in [1.165, 1.54) is 12.1 Å². The van der Waals surface area contributed by atoms with Gasteiger partial charge in [-0.25, -0.2) is 0 Å². The molecule has 0 saturated heterocycles. The molecule has 1 unspecified atom stereocenters. The van der Waals surface area contributed by atoms with Crippen LogP contribution >= 0.6 is 0 Å². The molecule has 0 aromatic heterocycles. The normalized spacial score (nSPS) is 13.4. The number of anilines is 2. The molecule has 0 bridgehead atoms. The number of hydrogen-bond acceptors (Lipinski definition) is 2. The van der Waals surface area contributed by atoms with E-state index in [4.69, 9.17) is 5.73 Å². The molecule has 0 aliphatic rings. The van der Waals surface area contributed by atoms with E-state index in [-0.39, 0.29) is 17.4 Å². The van der Waals surface area contributed by atoms with Crippen molar-refractivity contribution >= 4 is 11.4 Å². The number of halogens is 3. The maximum absolute atomic E-state index is 13.0. The minimum absolute atomic E-state index is 0.0553. The summed E-state index contributed by atoms with van der Waals surface area (Å²) in [5.74, 6) is 0. The zero-order valence-corrected chi connectivity index (χ0v) is 10.9. The second-order valence-electron chi connectivity index (χ2n) is 4.52. The molecule has 1 aromatic carbocycles. The summed E-state index contributed by atoms with van der Waals surface area (Å²) in [4.78, 5) is 1.66. The minimum atomic E-state index is -4.38. The van der Waals surface area contributed by atoms with Gasteiger partial charge in [0.25, 0.3) is 0 Å². The molecule has 1 rings (SSSR count). The predicted octanol–water partition coefficient (Wildman–Crippen LogP) is 3.91. The molecule has 2 nitrogen and oxygen atoms in total. The second kappa shape index (κ2) is 5.50. The molecule has 0 amide bonds. The summed E-state index contributed by atoms with van der Waals surface area (Å²) in [5.41, 5.74) is 5.07. The van der Waals surface area contributed by atoms with Crippen LogP contribution in [0.25, 0.3) is 0 Å². The monoisotopic (exact) mass is 260 g/mol. The van der Waals surface area contributed by atoms with E-state index in [1.54, 1.807) is 11.9 Å². The van der Waals surface area contributed by atoms with Crippen molar-refractivity contribution in [1.82, 2.24) is 0 Å². The van der Waals surface area contributed by atoms with Gasteiger partial charge in [-0.15, -0.1) is 0 Å². The van der Waals surface area contributed by atoms with E-state index >= 15 is 0 Å². The Morgan fingerprint density at radius 1 is 1.33 bits per heavy atom. The van der Waals surface area contributed by atoms with Crippen molar-refractivity contribution < 1.29 is 13.2 Å². The van der Waals surface area contributed by atoms with Gasteiger partial charge in [0.1, 0.15) is 0 Å². The fourth-order valence-corrected chi connectivity index (χ4v) is 1.94. The van der Waals surface area contributed by atoms with E-state index in [0.29, 0.717) is 0 Å². The van der Waals surface area contributed by atoms with Crippen LogP contribution in [0.15, 0.2) is 18.2 Å². The van der Waals surface area contributed by atoms with E-state index in [9.17, 15) is 13.2 Å². The quantitative estimate of drug-likeness (QED) is 0.831. The van der Waals surface area contributed by atoms with Gasteiger partial charge in [0.05, 0.1) is 5.56 Å². The fraction of sp³-hybridized carbons (Fsp3) is 0.538. The van der Waals surface area contributed by atoms with E-state index in [0.717, 1.165) is 18.9 Å². The summed E-state index contributed by atoms with van der Waals surface area (Å²) >= 11 is 0. The topological polar surface area (TPSA) is 29.3 Å². The zero-order chi connectivity index (χ0) is 13.9. The molecule has 1 atom stereocenters. The van der Waals surface area contributed by atoms with E-state index in [2.05, 4.69) is 0 Å². The van der Waals surface area contributed by atoms with E-state index in [1.807, 2.05) is 13.8 Å². The molecular formula is C13H19F3N2. The van der Waals surface area contributed by atoms with Crippen molar-refractivity contribution in [2.24, 2.45) is 0 Å². The summed E-state index contributed by atoms with van der Waals surface area (Å²) in [5, 5.41) is 0. The van der Waals surface area contributed by atoms with Crippen LogP contribution in [-0.2, 0) is 6.18 Å². The molecule has 0 saturated carbocycles. The van der Waals surface area contributed by atoms with Crippen molar-refractivity contribution in [3.05, 3.63) is 23.8 Å². The highest BCUT2D eigenvalue weighted by atomic mass is 19.4. The average molecular weight is 260 g/mol. The van der Waals surface area contributed by atoms with Gasteiger partial charge in [0.15, 0.2) is 0 Å². The van der Waals surface area contributed by atoms with Crippen LogP contribution < -0.4 is 10.6 Å². The number of nitrogens with zero attached hydrogens (tertiary/aromatic N) is 1. The van der Waals surface area contributed by atoms with Gasteiger partial charge < -0.3 is 10.6 Å². The van der Waals surface area contributed by atoms with Crippen molar-refractivity contribution in [3.8, 4) is 0 Å². The average Bonchev–Trinajstić information content (AvgIpc) is 2.27. The number of hydrogen-bond donors (Lipinski definition) is 1. The van der Waals surface area contributed by atoms with Crippen LogP contribution in [0.3, 0.4) is 0 Å². The van der Waals surface area contributed by atoms with Gasteiger partial charge in [0, 0.05) is 24.5 Å². The highest BCUT2D eigenvalue weighted by Crippen LogP contribution is 2.38. The standard InChI is InChI=1S/C13H19F3N2/c1-4-5-9(2)18(3)12-7-6-10(17)8-11(12)13(14,15)16/h6-9H,4-5,17H2,1-3H3. The van der Waals surface area contributed by atoms with Crippen molar-refractivity contribution in [2.45, 2.75) is 38.9 Å². The predicted molar refractivity (Wildman–Crippen MR) is 68.6 cm³/mol. The highest BCUT2D eigenvalue weighted by Gasteiger charge is 2.35. The molecule has 0 aliphatic carbocycles. The number of alkyl halides is 3. The molecule has 0 aliphatic heterocycles. The molecule has 0 fully saturated rings. The molecule has 0 spiro atoms. The third kappa shape index (κ3) is 3.31. The molecule has 5 heteroatoms. The summed E-state index contributed by atoms with van der Waals surface area (Å²) in [6.45, 7) is 3.93. The van der Waals surface area contributed by atoms with Crippen molar-refractivity contribution in [1.29, 1.82) is 0 Å². The summed E-state index contributed by atoms with van der Waals surface area (Å²) < 4.78 is 38.9. The smallest absolute Gasteiger partial charge is 0.399 e. The van der Waals surface area contributed by atoms with Gasteiger partial charge in [0.2, 0.25) is 0 Å². The lowest BCUT2D eigenvalue weighted by molar-refractivity contribution is -0.137.